The molecule has 3 rings (SSSR count). The van der Waals surface area contributed by atoms with Gasteiger partial charge in [-0.05, 0) is 38.8 Å². The number of nitrogens with one attached hydrogen (secondary N) is 1. The zero-order chi connectivity index (χ0) is 19.2. The second-order valence-corrected chi connectivity index (χ2v) is 7.73. The summed E-state index contributed by atoms with van der Waals surface area (Å²) in [6, 6.07) is 3.79. The SMILES string of the molecule is Cc1noc(C)c1CN1CCC(NC(=O)CSc2ccncc2)CCC1=O. The number of hydrogen-bond acceptors (Lipinski definition) is 6. The molecule has 3 heterocycles. The minimum Gasteiger partial charge on any atom is -0.361 e. The van der Waals surface area contributed by atoms with E-state index in [9.17, 15) is 9.59 Å². The Morgan fingerprint density at radius 3 is 2.81 bits per heavy atom. The van der Waals surface area contributed by atoms with Gasteiger partial charge in [0.2, 0.25) is 11.8 Å². The van der Waals surface area contributed by atoms with Crippen LogP contribution in [0.5, 0.6) is 0 Å². The molecule has 144 valence electrons. The third-order valence-corrected chi connectivity index (χ3v) is 5.73. The highest BCUT2D eigenvalue weighted by molar-refractivity contribution is 8.00. The quantitative estimate of drug-likeness (QED) is 0.765. The summed E-state index contributed by atoms with van der Waals surface area (Å²) in [6.07, 6.45) is 5.28. The zero-order valence-electron chi connectivity index (χ0n) is 15.6. The van der Waals surface area contributed by atoms with Crippen LogP contribution >= 0.6 is 11.8 Å². The smallest absolute Gasteiger partial charge is 0.230 e. The van der Waals surface area contributed by atoms with Gasteiger partial charge in [-0.3, -0.25) is 14.6 Å². The van der Waals surface area contributed by atoms with Crippen LogP contribution in [0, 0.1) is 13.8 Å². The molecule has 1 aliphatic heterocycles. The number of aryl methyl sites for hydroxylation is 2. The molecule has 0 bridgehead atoms. The van der Waals surface area contributed by atoms with Crippen molar-refractivity contribution in [2.24, 2.45) is 0 Å². The number of carbonyl (C=O) groups is 2. The maximum atomic E-state index is 12.5. The third kappa shape index (κ3) is 5.32. The van der Waals surface area contributed by atoms with Crippen molar-refractivity contribution in [2.75, 3.05) is 12.3 Å². The van der Waals surface area contributed by atoms with Gasteiger partial charge >= 0.3 is 0 Å². The van der Waals surface area contributed by atoms with Crippen LogP contribution in [-0.4, -0.2) is 45.2 Å². The minimum absolute atomic E-state index is 0.00608. The fraction of sp³-hybridized carbons (Fsp3) is 0.474. The lowest BCUT2D eigenvalue weighted by Gasteiger charge is -2.21. The summed E-state index contributed by atoms with van der Waals surface area (Å²) in [5.74, 6) is 1.21. The Morgan fingerprint density at radius 2 is 2.11 bits per heavy atom. The molecular formula is C19H24N4O3S. The molecule has 1 unspecified atom stereocenters. The van der Waals surface area contributed by atoms with E-state index in [-0.39, 0.29) is 17.9 Å². The third-order valence-electron chi connectivity index (χ3n) is 4.72. The highest BCUT2D eigenvalue weighted by atomic mass is 32.2. The van der Waals surface area contributed by atoms with Crippen molar-refractivity contribution in [2.45, 2.75) is 50.6 Å². The fourth-order valence-corrected chi connectivity index (χ4v) is 3.81. The molecule has 8 heteroatoms. The normalized spacial score (nSPS) is 17.6. The van der Waals surface area contributed by atoms with Gasteiger partial charge in [-0.25, -0.2) is 0 Å². The van der Waals surface area contributed by atoms with Crippen molar-refractivity contribution in [3.8, 4) is 0 Å². The first-order valence-electron chi connectivity index (χ1n) is 9.04. The maximum Gasteiger partial charge on any atom is 0.230 e. The number of aromatic nitrogens is 2. The summed E-state index contributed by atoms with van der Waals surface area (Å²) in [5.41, 5.74) is 1.79. The van der Waals surface area contributed by atoms with Gasteiger partial charge in [-0.2, -0.15) is 0 Å². The van der Waals surface area contributed by atoms with Crippen LogP contribution in [0.15, 0.2) is 33.9 Å². The predicted molar refractivity (Wildman–Crippen MR) is 102 cm³/mol. The Hall–Kier alpha value is -2.35. The lowest BCUT2D eigenvalue weighted by molar-refractivity contribution is -0.131. The molecule has 2 aromatic rings. The highest BCUT2D eigenvalue weighted by Gasteiger charge is 2.25. The molecule has 1 atom stereocenters. The minimum atomic E-state index is -0.00608. The fourth-order valence-electron chi connectivity index (χ4n) is 3.12. The molecule has 7 nitrogen and oxygen atoms in total. The van der Waals surface area contributed by atoms with E-state index in [4.69, 9.17) is 4.52 Å². The number of carbonyl (C=O) groups excluding carboxylic acids is 2. The average molecular weight is 388 g/mol. The number of hydrogen-bond donors (Lipinski definition) is 1. The van der Waals surface area contributed by atoms with Crippen molar-refractivity contribution in [1.82, 2.24) is 20.4 Å². The summed E-state index contributed by atoms with van der Waals surface area (Å²) in [4.78, 5) is 31.5. The van der Waals surface area contributed by atoms with Crippen LogP contribution in [0.2, 0.25) is 0 Å². The lowest BCUT2D eigenvalue weighted by Crippen LogP contribution is -2.36. The van der Waals surface area contributed by atoms with Crippen LogP contribution < -0.4 is 5.32 Å². The largest absolute Gasteiger partial charge is 0.361 e. The van der Waals surface area contributed by atoms with Gasteiger partial charge in [-0.1, -0.05) is 5.16 Å². The first-order chi connectivity index (χ1) is 13.0. The van der Waals surface area contributed by atoms with Crippen molar-refractivity contribution >= 4 is 23.6 Å². The first-order valence-corrected chi connectivity index (χ1v) is 10.0. The van der Waals surface area contributed by atoms with Crippen molar-refractivity contribution < 1.29 is 14.1 Å². The molecule has 0 saturated carbocycles. The lowest BCUT2D eigenvalue weighted by atomic mass is 10.1. The molecule has 2 aromatic heterocycles. The second-order valence-electron chi connectivity index (χ2n) is 6.68. The van der Waals surface area contributed by atoms with Crippen molar-refractivity contribution in [3.63, 3.8) is 0 Å². The molecule has 0 spiro atoms. The Labute approximate surface area is 162 Å². The predicted octanol–water partition coefficient (Wildman–Crippen LogP) is 2.48. The number of pyridine rings is 1. The van der Waals surface area contributed by atoms with Crippen LogP contribution in [0.1, 0.15) is 36.3 Å². The average Bonchev–Trinajstić information content (AvgIpc) is 2.88. The van der Waals surface area contributed by atoms with Gasteiger partial charge in [0.1, 0.15) is 5.76 Å². The van der Waals surface area contributed by atoms with Gasteiger partial charge in [-0.15, -0.1) is 11.8 Å². The van der Waals surface area contributed by atoms with Gasteiger partial charge in [0.25, 0.3) is 0 Å². The molecule has 0 aromatic carbocycles. The number of thioether (sulfide) groups is 1. The van der Waals surface area contributed by atoms with Crippen LogP contribution in [0.3, 0.4) is 0 Å². The van der Waals surface area contributed by atoms with Gasteiger partial charge in [0.05, 0.1) is 18.0 Å². The van der Waals surface area contributed by atoms with Crippen molar-refractivity contribution in [1.29, 1.82) is 0 Å². The van der Waals surface area contributed by atoms with E-state index in [2.05, 4.69) is 15.5 Å². The molecule has 2 amide bonds. The van der Waals surface area contributed by atoms with E-state index in [1.165, 1.54) is 11.8 Å². The number of likely N-dealkylation sites (tertiary alicyclic amines) is 1. The van der Waals surface area contributed by atoms with Crippen LogP contribution in [0.25, 0.3) is 0 Å². The number of amides is 2. The molecule has 1 N–H and O–H groups in total. The standard InChI is InChI=1S/C19H24N4O3S/c1-13-17(14(2)26-22-13)11-23-10-7-15(3-4-19(23)25)21-18(24)12-27-16-5-8-20-9-6-16/h5-6,8-9,15H,3-4,7,10-12H2,1-2H3,(H,21,24). The summed E-state index contributed by atoms with van der Waals surface area (Å²) < 4.78 is 5.19. The Bertz CT molecular complexity index is 774. The monoisotopic (exact) mass is 388 g/mol. The summed E-state index contributed by atoms with van der Waals surface area (Å²) in [6.45, 7) is 4.88. The van der Waals surface area contributed by atoms with E-state index in [0.29, 0.717) is 31.7 Å². The number of rotatable bonds is 6. The Kier molecular flexibility index (Phi) is 6.49. The topological polar surface area (TPSA) is 88.3 Å². The van der Waals surface area contributed by atoms with Gasteiger partial charge in [0, 0.05) is 41.9 Å². The molecule has 1 fully saturated rings. The van der Waals surface area contributed by atoms with E-state index in [1.54, 1.807) is 12.4 Å². The number of nitrogens with zero attached hydrogens (tertiary/aromatic N) is 3. The van der Waals surface area contributed by atoms with E-state index >= 15 is 0 Å². The summed E-state index contributed by atoms with van der Waals surface area (Å²) in [7, 11) is 0. The molecule has 0 aliphatic carbocycles. The van der Waals surface area contributed by atoms with E-state index < -0.39 is 0 Å². The molecule has 1 aliphatic rings. The van der Waals surface area contributed by atoms with Crippen molar-refractivity contribution in [3.05, 3.63) is 41.5 Å². The van der Waals surface area contributed by atoms with E-state index in [0.717, 1.165) is 28.3 Å². The molecular weight excluding hydrogens is 364 g/mol. The summed E-state index contributed by atoms with van der Waals surface area (Å²) >= 11 is 1.48. The first kappa shape index (κ1) is 19.4. The summed E-state index contributed by atoms with van der Waals surface area (Å²) in [5, 5.41) is 7.02. The Morgan fingerprint density at radius 1 is 1.33 bits per heavy atom. The molecule has 1 saturated heterocycles. The van der Waals surface area contributed by atoms with Crippen LogP contribution in [0.4, 0.5) is 0 Å². The zero-order valence-corrected chi connectivity index (χ0v) is 16.4. The molecule has 0 radical (unpaired) electrons. The van der Waals surface area contributed by atoms with E-state index in [1.807, 2.05) is 30.9 Å². The molecule has 27 heavy (non-hydrogen) atoms. The van der Waals surface area contributed by atoms with Gasteiger partial charge in [0.15, 0.2) is 0 Å². The second kappa shape index (κ2) is 9.03. The highest BCUT2D eigenvalue weighted by Crippen LogP contribution is 2.20. The maximum absolute atomic E-state index is 12.5. The van der Waals surface area contributed by atoms with Gasteiger partial charge < -0.3 is 14.7 Å². The van der Waals surface area contributed by atoms with Crippen LogP contribution in [-0.2, 0) is 16.1 Å². The Balaban J connectivity index is 1.50.